The van der Waals surface area contributed by atoms with Gasteiger partial charge in [0.2, 0.25) is 0 Å². The summed E-state index contributed by atoms with van der Waals surface area (Å²) in [4.78, 5) is 0. The van der Waals surface area contributed by atoms with Gasteiger partial charge in [-0.25, -0.2) is 0 Å². The van der Waals surface area contributed by atoms with Crippen molar-refractivity contribution in [3.8, 4) is 62.0 Å². The Morgan fingerprint density at radius 1 is 0.368 bits per heavy atom. The van der Waals surface area contributed by atoms with Crippen LogP contribution in [0.15, 0.2) is 188 Å². The van der Waals surface area contributed by atoms with Crippen LogP contribution in [0.3, 0.4) is 0 Å². The maximum Gasteiger partial charge on any atom is 0.416 e. The van der Waals surface area contributed by atoms with E-state index in [2.05, 4.69) is 89.7 Å². The Labute approximate surface area is 387 Å². The number of rotatable bonds is 6. The minimum Gasteiger partial charge on any atom is -0.309 e. The summed E-state index contributed by atoms with van der Waals surface area (Å²) in [5.41, 5.74) is 9.45. The highest BCUT2D eigenvalue weighted by Crippen LogP contribution is 2.45. The second-order valence-electron chi connectivity index (χ2n) is 17.2. The molecule has 2 heterocycles. The third-order valence-electron chi connectivity index (χ3n) is 13.1. The minimum atomic E-state index is -5.05. The average Bonchev–Trinajstić information content (AvgIpc) is 3.85. The van der Waals surface area contributed by atoms with Crippen molar-refractivity contribution in [1.29, 1.82) is 5.26 Å². The van der Waals surface area contributed by atoms with Crippen molar-refractivity contribution in [2.24, 2.45) is 0 Å². The Hall–Kier alpha value is -8.35. The third-order valence-corrected chi connectivity index (χ3v) is 13.1. The van der Waals surface area contributed by atoms with E-state index < -0.39 is 23.5 Å². The molecule has 0 aliphatic heterocycles. The van der Waals surface area contributed by atoms with Gasteiger partial charge in [0.25, 0.3) is 0 Å². The lowest BCUT2D eigenvalue weighted by Crippen LogP contribution is -2.11. The van der Waals surface area contributed by atoms with Crippen LogP contribution in [0.5, 0.6) is 0 Å². The van der Waals surface area contributed by atoms with Crippen LogP contribution in [0.2, 0.25) is 0 Å². The van der Waals surface area contributed by atoms with Gasteiger partial charge in [-0.05, 0) is 143 Å². The fourth-order valence-electron chi connectivity index (χ4n) is 9.86. The molecule has 9 aromatic carbocycles. The number of alkyl halides is 6. The number of nitrogens with zero attached hydrogens (tertiary/aromatic N) is 3. The van der Waals surface area contributed by atoms with Gasteiger partial charge in [0.1, 0.15) is 0 Å². The zero-order valence-electron chi connectivity index (χ0n) is 36.5. The van der Waals surface area contributed by atoms with Crippen LogP contribution in [0, 0.1) is 25.2 Å². The summed E-state index contributed by atoms with van der Waals surface area (Å²) in [6.07, 6.45) is -10.1. The molecule has 0 radical (unpaired) electrons. The number of aryl methyl sites for hydroxylation is 2. The second kappa shape index (κ2) is 15.9. The predicted octanol–water partition coefficient (Wildman–Crippen LogP) is 17.1. The van der Waals surface area contributed by atoms with Gasteiger partial charge < -0.3 is 9.13 Å². The number of nitriles is 1. The Kier molecular flexibility index (Phi) is 9.90. The molecule has 0 amide bonds. The number of fused-ring (bicyclic) bond motifs is 6. The first-order valence-electron chi connectivity index (χ1n) is 21.9. The molecule has 11 aromatic rings. The summed E-state index contributed by atoms with van der Waals surface area (Å²) in [7, 11) is 0. The second-order valence-corrected chi connectivity index (χ2v) is 17.2. The highest BCUT2D eigenvalue weighted by Gasteiger charge is 2.37. The van der Waals surface area contributed by atoms with Gasteiger partial charge in [0.15, 0.2) is 0 Å². The van der Waals surface area contributed by atoms with Crippen LogP contribution in [0.4, 0.5) is 26.3 Å². The Bertz CT molecular complexity index is 3850. The van der Waals surface area contributed by atoms with Crippen LogP contribution in [0.1, 0.15) is 27.8 Å². The van der Waals surface area contributed by atoms with E-state index in [4.69, 9.17) is 0 Å². The van der Waals surface area contributed by atoms with E-state index in [9.17, 15) is 31.6 Å². The molecular formula is C59H37F6N3. The number of benzene rings is 9. The molecule has 0 saturated heterocycles. The topological polar surface area (TPSA) is 33.6 Å². The fourth-order valence-corrected chi connectivity index (χ4v) is 9.86. The molecule has 3 nitrogen and oxygen atoms in total. The molecule has 68 heavy (non-hydrogen) atoms. The first-order valence-corrected chi connectivity index (χ1v) is 21.9. The quantitative estimate of drug-likeness (QED) is 0.153. The van der Waals surface area contributed by atoms with Crippen molar-refractivity contribution in [2.75, 3.05) is 0 Å². The first kappa shape index (κ1) is 42.3. The number of aromatic nitrogens is 2. The Morgan fingerprint density at radius 2 is 0.794 bits per heavy atom. The average molecular weight is 902 g/mol. The van der Waals surface area contributed by atoms with Crippen molar-refractivity contribution in [1.82, 2.24) is 9.13 Å². The number of hydrogen-bond donors (Lipinski definition) is 0. The smallest absolute Gasteiger partial charge is 0.309 e. The molecule has 9 heteroatoms. The van der Waals surface area contributed by atoms with Crippen molar-refractivity contribution in [3.05, 3.63) is 216 Å². The minimum absolute atomic E-state index is 0.126. The van der Waals surface area contributed by atoms with Crippen LogP contribution in [-0.2, 0) is 12.4 Å². The monoisotopic (exact) mass is 901 g/mol. The van der Waals surface area contributed by atoms with E-state index >= 15 is 0 Å². The molecule has 0 aliphatic rings. The molecule has 0 atom stereocenters. The summed E-state index contributed by atoms with van der Waals surface area (Å²) in [6, 6.07) is 59.0. The third kappa shape index (κ3) is 7.08. The SMILES string of the molecule is Cc1ccccc1-c1ccc2c(c1)c1ccccc1n2-c1ccc(C#N)cc1-c1cc(-c2cc(C(F)(F)F)cc(C(F)(F)F)c2)ccc1-n1c2ccccc2c2cc(-c3ccccc3C)ccc21. The highest BCUT2D eigenvalue weighted by molar-refractivity contribution is 6.13. The van der Waals surface area contributed by atoms with Gasteiger partial charge in [-0.1, -0.05) is 103 Å². The van der Waals surface area contributed by atoms with E-state index in [1.165, 1.54) is 0 Å². The van der Waals surface area contributed by atoms with Crippen LogP contribution >= 0.6 is 0 Å². The standard InChI is InChI=1S/C59H37F6N3/c1-35-11-3-5-13-44(35)39-21-25-55-49(31-39)46-15-7-9-17-52(46)67(55)54-23-19-37(34-66)27-48(54)51-30-38(41-28-42(58(60,61)62)33-43(29-41)59(63,64)65)20-24-57(51)68-53-18-10-8-16-47(53)50-32-40(22-26-56(50)68)45-14-6-4-12-36(45)2/h3-33H,1-2H3. The molecule has 0 spiro atoms. The van der Waals surface area contributed by atoms with E-state index in [-0.39, 0.29) is 17.2 Å². The van der Waals surface area contributed by atoms with Gasteiger partial charge in [-0.15, -0.1) is 0 Å². The maximum absolute atomic E-state index is 14.4. The maximum atomic E-state index is 14.4. The number of halogens is 6. The van der Waals surface area contributed by atoms with Gasteiger partial charge in [0, 0.05) is 32.7 Å². The lowest BCUT2D eigenvalue weighted by Gasteiger charge is -2.21. The zero-order chi connectivity index (χ0) is 47.1. The summed E-state index contributed by atoms with van der Waals surface area (Å²) in [6.45, 7) is 4.13. The van der Waals surface area contributed by atoms with Crippen molar-refractivity contribution in [2.45, 2.75) is 26.2 Å². The Balaban J connectivity index is 1.23. The van der Waals surface area contributed by atoms with Crippen LogP contribution in [-0.4, -0.2) is 9.13 Å². The normalized spacial score (nSPS) is 12.1. The Morgan fingerprint density at radius 3 is 1.28 bits per heavy atom. The van der Waals surface area contributed by atoms with E-state index in [0.29, 0.717) is 28.1 Å². The molecule has 0 N–H and O–H groups in total. The van der Waals surface area contributed by atoms with Crippen LogP contribution < -0.4 is 0 Å². The summed E-state index contributed by atoms with van der Waals surface area (Å²) < 4.78 is 90.5. The first-order chi connectivity index (χ1) is 32.8. The van der Waals surface area contributed by atoms with Crippen molar-refractivity contribution >= 4 is 43.6 Å². The van der Waals surface area contributed by atoms with Gasteiger partial charge >= 0.3 is 12.4 Å². The molecule has 0 saturated carbocycles. The molecule has 11 rings (SSSR count). The molecule has 0 bridgehead atoms. The van der Waals surface area contributed by atoms with Crippen LogP contribution in [0.25, 0.3) is 99.5 Å². The lowest BCUT2D eigenvalue weighted by molar-refractivity contribution is -0.143. The molecule has 0 unspecified atom stereocenters. The lowest BCUT2D eigenvalue weighted by atomic mass is 9.93. The molecular weight excluding hydrogens is 865 g/mol. The van der Waals surface area contributed by atoms with Gasteiger partial charge in [-0.3, -0.25) is 0 Å². The summed E-state index contributed by atoms with van der Waals surface area (Å²) >= 11 is 0. The molecule has 330 valence electrons. The highest BCUT2D eigenvalue weighted by atomic mass is 19.4. The van der Waals surface area contributed by atoms with E-state index in [1.54, 1.807) is 30.3 Å². The largest absolute Gasteiger partial charge is 0.416 e. The summed E-state index contributed by atoms with van der Waals surface area (Å²) in [5.74, 6) is 0. The summed E-state index contributed by atoms with van der Waals surface area (Å²) in [5, 5.41) is 14.3. The predicted molar refractivity (Wildman–Crippen MR) is 261 cm³/mol. The molecule has 2 aromatic heterocycles. The fraction of sp³-hybridized carbons (Fsp3) is 0.0678. The molecule has 0 aliphatic carbocycles. The zero-order valence-corrected chi connectivity index (χ0v) is 36.5. The van der Waals surface area contributed by atoms with Gasteiger partial charge in [0.05, 0.1) is 56.2 Å². The van der Waals surface area contributed by atoms with E-state index in [0.717, 1.165) is 89.1 Å². The van der Waals surface area contributed by atoms with Crippen molar-refractivity contribution in [3.63, 3.8) is 0 Å². The number of para-hydroxylation sites is 2. The van der Waals surface area contributed by atoms with E-state index in [1.807, 2.05) is 78.9 Å². The van der Waals surface area contributed by atoms with Gasteiger partial charge in [-0.2, -0.15) is 31.6 Å². The van der Waals surface area contributed by atoms with Crippen molar-refractivity contribution < 1.29 is 26.3 Å². The number of hydrogen-bond acceptors (Lipinski definition) is 1. The molecule has 0 fully saturated rings.